The van der Waals surface area contributed by atoms with Crippen molar-refractivity contribution in [3.63, 3.8) is 0 Å². The lowest BCUT2D eigenvalue weighted by molar-refractivity contribution is -0.384. The summed E-state index contributed by atoms with van der Waals surface area (Å²) in [5.74, 6) is -0.0509. The lowest BCUT2D eigenvalue weighted by Crippen LogP contribution is -2.34. The van der Waals surface area contributed by atoms with Gasteiger partial charge in [-0.15, -0.1) is 0 Å². The number of anilines is 1. The third-order valence-electron chi connectivity index (χ3n) is 3.58. The van der Waals surface area contributed by atoms with Gasteiger partial charge in [0.2, 0.25) is 0 Å². The fourth-order valence-corrected chi connectivity index (χ4v) is 2.40. The lowest BCUT2D eigenvalue weighted by atomic mass is 10.2. The SMILES string of the molecule is COCCOc1ccccc1C(=O)NC(=S)Nc1cc([N+](=O)[O-])ccc1C. The number of methoxy groups -OCH3 is 1. The highest BCUT2D eigenvalue weighted by molar-refractivity contribution is 7.80. The minimum atomic E-state index is -0.500. The van der Waals surface area contributed by atoms with Gasteiger partial charge in [0, 0.05) is 24.9 Å². The smallest absolute Gasteiger partial charge is 0.271 e. The molecule has 0 heterocycles. The highest BCUT2D eigenvalue weighted by Gasteiger charge is 2.15. The number of carbonyl (C=O) groups excluding carboxylic acids is 1. The molecule has 9 heteroatoms. The van der Waals surface area contributed by atoms with Crippen LogP contribution in [0.15, 0.2) is 42.5 Å². The number of nitrogens with one attached hydrogen (secondary N) is 2. The summed E-state index contributed by atoms with van der Waals surface area (Å²) in [7, 11) is 1.56. The number of rotatable bonds is 7. The molecule has 0 aliphatic heterocycles. The van der Waals surface area contributed by atoms with Gasteiger partial charge in [-0.3, -0.25) is 20.2 Å². The van der Waals surface area contributed by atoms with Crippen LogP contribution in [0.3, 0.4) is 0 Å². The molecule has 0 radical (unpaired) electrons. The second kappa shape index (κ2) is 9.60. The molecule has 142 valence electrons. The number of hydrogen-bond donors (Lipinski definition) is 2. The summed E-state index contributed by atoms with van der Waals surface area (Å²) >= 11 is 5.16. The van der Waals surface area contributed by atoms with Gasteiger partial charge in [-0.1, -0.05) is 18.2 Å². The molecule has 2 N–H and O–H groups in total. The molecule has 8 nitrogen and oxygen atoms in total. The Morgan fingerprint density at radius 2 is 1.96 bits per heavy atom. The maximum Gasteiger partial charge on any atom is 0.271 e. The van der Waals surface area contributed by atoms with E-state index in [1.54, 1.807) is 44.4 Å². The number of para-hydroxylation sites is 1. The zero-order valence-corrected chi connectivity index (χ0v) is 15.7. The number of ether oxygens (including phenoxy) is 2. The van der Waals surface area contributed by atoms with Gasteiger partial charge in [0.1, 0.15) is 12.4 Å². The molecule has 0 bridgehead atoms. The number of amides is 1. The number of nitro benzene ring substituents is 1. The summed E-state index contributed by atoms with van der Waals surface area (Å²) in [5, 5.41) is 16.3. The predicted molar refractivity (Wildman–Crippen MR) is 105 cm³/mol. The quantitative estimate of drug-likeness (QED) is 0.325. The Morgan fingerprint density at radius 1 is 1.22 bits per heavy atom. The second-order valence-electron chi connectivity index (χ2n) is 5.50. The summed E-state index contributed by atoms with van der Waals surface area (Å²) in [6.07, 6.45) is 0. The third-order valence-corrected chi connectivity index (χ3v) is 3.79. The van der Waals surface area contributed by atoms with Gasteiger partial charge >= 0.3 is 0 Å². The Bertz CT molecular complexity index is 857. The normalized spacial score (nSPS) is 10.1. The lowest BCUT2D eigenvalue weighted by Gasteiger charge is -2.14. The van der Waals surface area contributed by atoms with Crippen LogP contribution in [0.25, 0.3) is 0 Å². The molecular formula is C18H19N3O5S. The molecule has 0 saturated heterocycles. The molecule has 0 spiro atoms. The first-order chi connectivity index (χ1) is 12.9. The topological polar surface area (TPSA) is 103 Å². The van der Waals surface area contributed by atoms with Gasteiger partial charge in [0.25, 0.3) is 11.6 Å². The van der Waals surface area contributed by atoms with Gasteiger partial charge in [-0.05, 0) is 36.8 Å². The van der Waals surface area contributed by atoms with E-state index < -0.39 is 10.8 Å². The highest BCUT2D eigenvalue weighted by Crippen LogP contribution is 2.22. The Morgan fingerprint density at radius 3 is 2.67 bits per heavy atom. The molecule has 1 amide bonds. The molecule has 2 rings (SSSR count). The fraction of sp³-hybridized carbons (Fsp3) is 0.222. The summed E-state index contributed by atoms with van der Waals surface area (Å²) in [5.41, 5.74) is 1.43. The number of carbonyl (C=O) groups is 1. The van der Waals surface area contributed by atoms with Gasteiger partial charge < -0.3 is 14.8 Å². The fourth-order valence-electron chi connectivity index (χ4n) is 2.20. The second-order valence-corrected chi connectivity index (χ2v) is 5.91. The molecule has 0 unspecified atom stereocenters. The van der Waals surface area contributed by atoms with E-state index in [9.17, 15) is 14.9 Å². The largest absolute Gasteiger partial charge is 0.490 e. The summed E-state index contributed by atoms with van der Waals surface area (Å²) in [6.45, 7) is 2.47. The highest BCUT2D eigenvalue weighted by atomic mass is 32.1. The van der Waals surface area contributed by atoms with Crippen LogP contribution in [-0.2, 0) is 4.74 Å². The number of nitro groups is 1. The third kappa shape index (κ3) is 5.73. The van der Waals surface area contributed by atoms with Crippen molar-refractivity contribution in [2.75, 3.05) is 25.6 Å². The minimum absolute atomic E-state index is 0.0234. The van der Waals surface area contributed by atoms with Gasteiger partial charge in [0.05, 0.1) is 17.1 Å². The van der Waals surface area contributed by atoms with E-state index in [0.717, 1.165) is 5.56 Å². The van der Waals surface area contributed by atoms with Crippen LogP contribution in [-0.4, -0.2) is 36.3 Å². The van der Waals surface area contributed by atoms with E-state index in [1.165, 1.54) is 12.1 Å². The average molecular weight is 389 g/mol. The first-order valence-electron chi connectivity index (χ1n) is 8.00. The van der Waals surface area contributed by atoms with Gasteiger partial charge in [0.15, 0.2) is 5.11 Å². The van der Waals surface area contributed by atoms with Crippen molar-refractivity contribution in [1.29, 1.82) is 0 Å². The van der Waals surface area contributed by atoms with Crippen LogP contribution in [0.4, 0.5) is 11.4 Å². The molecule has 0 atom stereocenters. The average Bonchev–Trinajstić information content (AvgIpc) is 2.63. The van der Waals surface area contributed by atoms with E-state index in [0.29, 0.717) is 30.2 Å². The van der Waals surface area contributed by atoms with Crippen molar-refractivity contribution < 1.29 is 19.2 Å². The Balaban J connectivity index is 2.07. The van der Waals surface area contributed by atoms with Crippen LogP contribution >= 0.6 is 12.2 Å². The monoisotopic (exact) mass is 389 g/mol. The van der Waals surface area contributed by atoms with Crippen molar-refractivity contribution in [3.05, 3.63) is 63.7 Å². The molecule has 2 aromatic carbocycles. The van der Waals surface area contributed by atoms with Gasteiger partial charge in [-0.25, -0.2) is 0 Å². The molecule has 0 aromatic heterocycles. The standard InChI is InChI=1S/C18H19N3O5S/c1-12-7-8-13(21(23)24)11-15(12)19-18(27)20-17(22)14-5-3-4-6-16(14)26-10-9-25-2/h3-8,11H,9-10H2,1-2H3,(H2,19,20,22,27). The molecular weight excluding hydrogens is 370 g/mol. The first kappa shape index (κ1) is 20.3. The Hall–Kier alpha value is -3.04. The van der Waals surface area contributed by atoms with Crippen molar-refractivity contribution in [1.82, 2.24) is 5.32 Å². The maximum absolute atomic E-state index is 12.5. The van der Waals surface area contributed by atoms with Crippen molar-refractivity contribution >= 4 is 34.6 Å². The number of hydrogen-bond acceptors (Lipinski definition) is 6. The molecule has 2 aromatic rings. The van der Waals surface area contributed by atoms with Crippen molar-refractivity contribution in [3.8, 4) is 5.75 Å². The zero-order chi connectivity index (χ0) is 19.8. The minimum Gasteiger partial charge on any atom is -0.490 e. The molecule has 0 fully saturated rings. The molecule has 0 aliphatic rings. The number of nitrogens with zero attached hydrogens (tertiary/aromatic N) is 1. The summed E-state index contributed by atoms with van der Waals surface area (Å²) in [6, 6.07) is 11.1. The number of non-ortho nitro benzene ring substituents is 1. The Labute approximate surface area is 161 Å². The molecule has 0 saturated carbocycles. The van der Waals surface area contributed by atoms with E-state index in [1.807, 2.05) is 0 Å². The molecule has 0 aliphatic carbocycles. The van der Waals surface area contributed by atoms with Crippen LogP contribution in [0.1, 0.15) is 15.9 Å². The Kier molecular flexibility index (Phi) is 7.21. The number of thiocarbonyl (C=S) groups is 1. The zero-order valence-electron chi connectivity index (χ0n) is 14.9. The van der Waals surface area contributed by atoms with E-state index >= 15 is 0 Å². The van der Waals surface area contributed by atoms with E-state index in [4.69, 9.17) is 21.7 Å². The van der Waals surface area contributed by atoms with Crippen molar-refractivity contribution in [2.45, 2.75) is 6.92 Å². The number of aryl methyl sites for hydroxylation is 1. The van der Waals surface area contributed by atoms with Gasteiger partial charge in [-0.2, -0.15) is 0 Å². The van der Waals surface area contributed by atoms with Crippen LogP contribution < -0.4 is 15.4 Å². The van der Waals surface area contributed by atoms with Crippen LogP contribution in [0.2, 0.25) is 0 Å². The number of benzene rings is 2. The van der Waals surface area contributed by atoms with E-state index in [2.05, 4.69) is 10.6 Å². The van der Waals surface area contributed by atoms with Crippen LogP contribution in [0, 0.1) is 17.0 Å². The predicted octanol–water partition coefficient (Wildman–Crippen LogP) is 3.06. The first-order valence-corrected chi connectivity index (χ1v) is 8.41. The van der Waals surface area contributed by atoms with Crippen molar-refractivity contribution in [2.24, 2.45) is 0 Å². The summed E-state index contributed by atoms with van der Waals surface area (Å²) < 4.78 is 10.5. The molecule has 27 heavy (non-hydrogen) atoms. The van der Waals surface area contributed by atoms with Crippen LogP contribution in [0.5, 0.6) is 5.75 Å². The van der Waals surface area contributed by atoms with E-state index in [-0.39, 0.29) is 10.8 Å². The maximum atomic E-state index is 12.5. The summed E-state index contributed by atoms with van der Waals surface area (Å²) in [4.78, 5) is 22.9.